The average Bonchev–Trinajstić information content (AvgIpc) is 3.02. The van der Waals surface area contributed by atoms with Crippen molar-refractivity contribution >= 4 is 28.9 Å². The van der Waals surface area contributed by atoms with Crippen LogP contribution in [-0.4, -0.2) is 17.4 Å². The molecule has 2 aromatic rings. The molecule has 0 atom stereocenters. The van der Waals surface area contributed by atoms with Gasteiger partial charge in [0.15, 0.2) is 0 Å². The first kappa shape index (κ1) is 20.7. The van der Waals surface area contributed by atoms with Gasteiger partial charge >= 0.3 is 0 Å². The molecule has 0 radical (unpaired) electrons. The van der Waals surface area contributed by atoms with Crippen LogP contribution in [0.15, 0.2) is 97.1 Å². The maximum atomic E-state index is 13.1. The summed E-state index contributed by atoms with van der Waals surface area (Å²) in [5.41, 5.74) is 4.26. The minimum atomic E-state index is -0.429. The lowest BCUT2D eigenvalue weighted by molar-refractivity contribution is -0.384. The monoisotopic (exact) mass is 398 g/mol. The Labute approximate surface area is 175 Å². The zero-order chi connectivity index (χ0) is 21.5. The van der Waals surface area contributed by atoms with Gasteiger partial charge in [-0.2, -0.15) is 0 Å². The van der Waals surface area contributed by atoms with Crippen molar-refractivity contribution in [1.82, 2.24) is 0 Å². The van der Waals surface area contributed by atoms with Crippen LogP contribution in [0.5, 0.6) is 0 Å². The van der Waals surface area contributed by atoms with Crippen LogP contribution < -0.4 is 4.90 Å². The van der Waals surface area contributed by atoms with Gasteiger partial charge in [0.25, 0.3) is 11.6 Å². The summed E-state index contributed by atoms with van der Waals surface area (Å²) in [4.78, 5) is 25.2. The molecule has 1 amide bonds. The molecule has 5 nitrogen and oxygen atoms in total. The fraction of sp³-hybridized carbons (Fsp3) is 0.0800. The van der Waals surface area contributed by atoms with Crippen molar-refractivity contribution in [3.63, 3.8) is 0 Å². The normalized spacial score (nSPS) is 15.4. The molecule has 30 heavy (non-hydrogen) atoms. The summed E-state index contributed by atoms with van der Waals surface area (Å²) in [5.74, 6) is -0.0593. The molecule has 1 aliphatic heterocycles. The summed E-state index contributed by atoms with van der Waals surface area (Å²) in [6, 6.07) is 14.0. The highest BCUT2D eigenvalue weighted by atomic mass is 16.6. The predicted molar refractivity (Wildman–Crippen MR) is 122 cm³/mol. The predicted octanol–water partition coefficient (Wildman–Crippen LogP) is 5.73. The molecular weight excluding hydrogens is 376 g/mol. The number of benzene rings is 2. The highest BCUT2D eigenvalue weighted by Crippen LogP contribution is 2.37. The van der Waals surface area contributed by atoms with Gasteiger partial charge in [0.1, 0.15) is 0 Å². The van der Waals surface area contributed by atoms with Crippen LogP contribution in [0.25, 0.3) is 11.6 Å². The number of allylic oxidation sites excluding steroid dienone is 5. The van der Waals surface area contributed by atoms with E-state index in [-0.39, 0.29) is 11.6 Å². The molecule has 0 N–H and O–H groups in total. The topological polar surface area (TPSA) is 63.5 Å². The van der Waals surface area contributed by atoms with Crippen LogP contribution in [0.1, 0.15) is 18.1 Å². The number of rotatable bonds is 7. The number of carbonyl (C=O) groups is 1. The maximum absolute atomic E-state index is 13.1. The first-order chi connectivity index (χ1) is 14.5. The smallest absolute Gasteiger partial charge is 0.269 e. The van der Waals surface area contributed by atoms with E-state index in [2.05, 4.69) is 6.58 Å². The first-order valence-electron chi connectivity index (χ1n) is 9.53. The molecule has 0 fully saturated rings. The average molecular weight is 398 g/mol. The number of nitro benzene ring substituents is 1. The highest BCUT2D eigenvalue weighted by Gasteiger charge is 2.31. The Morgan fingerprint density at radius 3 is 2.53 bits per heavy atom. The second-order valence-electron chi connectivity index (χ2n) is 6.65. The van der Waals surface area contributed by atoms with E-state index in [0.29, 0.717) is 12.1 Å². The molecule has 1 aliphatic rings. The number of nitro groups is 1. The molecule has 1 heterocycles. The van der Waals surface area contributed by atoms with Crippen molar-refractivity contribution < 1.29 is 9.72 Å². The van der Waals surface area contributed by atoms with Crippen molar-refractivity contribution in [2.24, 2.45) is 0 Å². The third-order valence-corrected chi connectivity index (χ3v) is 4.77. The minimum Gasteiger partial charge on any atom is -0.303 e. The van der Waals surface area contributed by atoms with Crippen LogP contribution in [0, 0.1) is 10.1 Å². The van der Waals surface area contributed by atoms with E-state index in [0.717, 1.165) is 22.4 Å². The van der Waals surface area contributed by atoms with Gasteiger partial charge in [-0.15, -0.1) is 0 Å². The molecule has 5 heteroatoms. The summed E-state index contributed by atoms with van der Waals surface area (Å²) in [6.07, 6.45) is 12.9. The molecular formula is C25H22N2O3. The number of hydrogen-bond donors (Lipinski definition) is 0. The Morgan fingerprint density at radius 2 is 1.87 bits per heavy atom. The number of fused-ring (bicyclic) bond motifs is 1. The van der Waals surface area contributed by atoms with E-state index in [9.17, 15) is 14.9 Å². The number of non-ortho nitro benzene ring substituents is 1. The maximum Gasteiger partial charge on any atom is 0.269 e. The molecule has 3 rings (SSSR count). The van der Waals surface area contributed by atoms with E-state index >= 15 is 0 Å². The van der Waals surface area contributed by atoms with Crippen LogP contribution in [0.2, 0.25) is 0 Å². The highest BCUT2D eigenvalue weighted by molar-refractivity contribution is 6.33. The number of amides is 1. The molecule has 0 bridgehead atoms. The summed E-state index contributed by atoms with van der Waals surface area (Å²) in [5, 5.41) is 10.8. The number of para-hydroxylation sites is 1. The van der Waals surface area contributed by atoms with Gasteiger partial charge < -0.3 is 4.90 Å². The van der Waals surface area contributed by atoms with Crippen LogP contribution in [0.3, 0.4) is 0 Å². The SMILES string of the molecule is C=C/C=C\C(=C/C)CN1C(=O)/C(=C/C=C/c2ccc([N+](=O)[O-])cc2)c2ccccc21. The quantitative estimate of drug-likeness (QED) is 0.259. The molecule has 0 spiro atoms. The molecule has 0 unspecified atom stereocenters. The van der Waals surface area contributed by atoms with Gasteiger partial charge in [-0.25, -0.2) is 0 Å². The van der Waals surface area contributed by atoms with Crippen molar-refractivity contribution in [1.29, 1.82) is 0 Å². The van der Waals surface area contributed by atoms with Crippen molar-refractivity contribution in [3.05, 3.63) is 118 Å². The molecule has 0 saturated heterocycles. The molecule has 2 aromatic carbocycles. The summed E-state index contributed by atoms with van der Waals surface area (Å²) in [6.45, 7) is 6.10. The summed E-state index contributed by atoms with van der Waals surface area (Å²) >= 11 is 0. The van der Waals surface area contributed by atoms with Crippen LogP contribution >= 0.6 is 0 Å². The van der Waals surface area contributed by atoms with Gasteiger partial charge in [0.05, 0.1) is 17.2 Å². The largest absolute Gasteiger partial charge is 0.303 e. The molecule has 0 saturated carbocycles. The van der Waals surface area contributed by atoms with Crippen LogP contribution in [0.4, 0.5) is 11.4 Å². The van der Waals surface area contributed by atoms with Gasteiger partial charge in [-0.05, 0) is 42.3 Å². The van der Waals surface area contributed by atoms with Crippen molar-refractivity contribution in [3.8, 4) is 0 Å². The van der Waals surface area contributed by atoms with Gasteiger partial charge in [-0.1, -0.05) is 61.2 Å². The van der Waals surface area contributed by atoms with Crippen molar-refractivity contribution in [2.45, 2.75) is 6.92 Å². The number of nitrogens with zero attached hydrogens (tertiary/aromatic N) is 2. The zero-order valence-electron chi connectivity index (χ0n) is 16.7. The van der Waals surface area contributed by atoms with Gasteiger partial charge in [0.2, 0.25) is 0 Å². The Balaban J connectivity index is 1.86. The summed E-state index contributed by atoms with van der Waals surface area (Å²) in [7, 11) is 0. The van der Waals surface area contributed by atoms with Crippen molar-refractivity contribution in [2.75, 3.05) is 11.4 Å². The van der Waals surface area contributed by atoms with Gasteiger partial charge in [0, 0.05) is 23.3 Å². The molecule has 150 valence electrons. The lowest BCUT2D eigenvalue weighted by atomic mass is 10.1. The Morgan fingerprint density at radius 1 is 1.13 bits per heavy atom. The van der Waals surface area contributed by atoms with Crippen LogP contribution in [-0.2, 0) is 4.79 Å². The Hall–Kier alpha value is -3.99. The van der Waals surface area contributed by atoms with Gasteiger partial charge in [-0.3, -0.25) is 14.9 Å². The second kappa shape index (κ2) is 9.47. The number of anilines is 1. The van der Waals surface area contributed by atoms with E-state index in [4.69, 9.17) is 0 Å². The second-order valence-corrected chi connectivity index (χ2v) is 6.65. The first-order valence-corrected chi connectivity index (χ1v) is 9.53. The fourth-order valence-corrected chi connectivity index (χ4v) is 3.20. The number of hydrogen-bond acceptors (Lipinski definition) is 3. The molecule has 0 aliphatic carbocycles. The third-order valence-electron chi connectivity index (χ3n) is 4.77. The van der Waals surface area contributed by atoms with E-state index in [1.54, 1.807) is 35.3 Å². The lowest BCUT2D eigenvalue weighted by Gasteiger charge is -2.17. The van der Waals surface area contributed by atoms with E-state index < -0.39 is 4.92 Å². The Kier molecular flexibility index (Phi) is 6.55. The zero-order valence-corrected chi connectivity index (χ0v) is 16.7. The minimum absolute atomic E-state index is 0.0475. The summed E-state index contributed by atoms with van der Waals surface area (Å²) < 4.78 is 0. The lowest BCUT2D eigenvalue weighted by Crippen LogP contribution is -2.28. The fourth-order valence-electron chi connectivity index (χ4n) is 3.20. The standard InChI is InChI=1S/C25H22N2O3/c1-3-5-9-19(4-2)18-26-24-13-7-6-11-22(24)23(25(26)28)12-8-10-20-14-16-21(17-15-20)27(29)30/h3-17H,1,18H2,2H3/b9-5-,10-8+,19-4+,23-12+. The van der Waals surface area contributed by atoms with E-state index in [1.807, 2.05) is 55.5 Å². The molecule has 0 aromatic heterocycles. The third kappa shape index (κ3) is 4.52. The van der Waals surface area contributed by atoms with E-state index in [1.165, 1.54) is 12.1 Å². The Bertz CT molecular complexity index is 1090. The number of carbonyl (C=O) groups excluding carboxylic acids is 1.